The van der Waals surface area contributed by atoms with E-state index in [0.717, 1.165) is 0 Å². The van der Waals surface area contributed by atoms with Crippen molar-refractivity contribution in [1.82, 2.24) is 10.6 Å². The molecule has 0 aromatic carbocycles. The van der Waals surface area contributed by atoms with Crippen molar-refractivity contribution in [3.05, 3.63) is 12.2 Å². The number of nitrogens with one attached hydrogen (secondary N) is 2. The van der Waals surface area contributed by atoms with E-state index < -0.39 is 36.9 Å². The molecule has 0 spiro atoms. The van der Waals surface area contributed by atoms with Crippen LogP contribution in [-0.4, -0.2) is 81.5 Å². The van der Waals surface area contributed by atoms with Gasteiger partial charge >= 0.3 is 0 Å². The van der Waals surface area contributed by atoms with Gasteiger partial charge in [0.15, 0.2) is 6.10 Å². The SMILES string of the molecule is C=C(C)C(=O)NCCNC(=O)[C@H](O)[C@@H](O)[C@H](O)[C@H](O)CO. The fourth-order valence-electron chi connectivity index (χ4n) is 1.29. The minimum absolute atomic E-state index is 0.0136. The van der Waals surface area contributed by atoms with E-state index in [0.29, 0.717) is 5.57 Å². The van der Waals surface area contributed by atoms with E-state index in [1.807, 2.05) is 0 Å². The summed E-state index contributed by atoms with van der Waals surface area (Å²) in [6.07, 6.45) is -7.51. The number of aliphatic hydroxyl groups is 5. The van der Waals surface area contributed by atoms with Crippen molar-refractivity contribution in [2.75, 3.05) is 19.7 Å². The largest absolute Gasteiger partial charge is 0.394 e. The predicted molar refractivity (Wildman–Crippen MR) is 71.9 cm³/mol. The third-order valence-electron chi connectivity index (χ3n) is 2.62. The van der Waals surface area contributed by atoms with Crippen LogP contribution in [-0.2, 0) is 9.59 Å². The van der Waals surface area contributed by atoms with Crippen LogP contribution >= 0.6 is 0 Å². The molecule has 0 bridgehead atoms. The van der Waals surface area contributed by atoms with Crippen LogP contribution in [0.2, 0.25) is 0 Å². The van der Waals surface area contributed by atoms with E-state index in [9.17, 15) is 24.9 Å². The number of carbonyl (C=O) groups is 2. The van der Waals surface area contributed by atoms with Gasteiger partial charge in [0.2, 0.25) is 5.91 Å². The zero-order valence-corrected chi connectivity index (χ0v) is 11.7. The first kappa shape index (κ1) is 19.5. The molecular weight excluding hydrogens is 284 g/mol. The fraction of sp³-hybridized carbons (Fsp3) is 0.667. The maximum Gasteiger partial charge on any atom is 0.251 e. The van der Waals surface area contributed by atoms with E-state index >= 15 is 0 Å². The van der Waals surface area contributed by atoms with Crippen molar-refractivity contribution >= 4 is 11.8 Å². The van der Waals surface area contributed by atoms with Crippen molar-refractivity contribution in [1.29, 1.82) is 0 Å². The summed E-state index contributed by atoms with van der Waals surface area (Å²) in [5, 5.41) is 50.6. The third kappa shape index (κ3) is 6.65. The quantitative estimate of drug-likeness (QED) is 0.170. The monoisotopic (exact) mass is 306 g/mol. The summed E-state index contributed by atoms with van der Waals surface area (Å²) >= 11 is 0. The summed E-state index contributed by atoms with van der Waals surface area (Å²) in [4.78, 5) is 22.6. The predicted octanol–water partition coefficient (Wildman–Crippen LogP) is -3.77. The molecule has 0 aliphatic heterocycles. The second kappa shape index (κ2) is 9.42. The second-order valence-corrected chi connectivity index (χ2v) is 4.50. The summed E-state index contributed by atoms with van der Waals surface area (Å²) in [6.45, 7) is 4.17. The first-order valence-corrected chi connectivity index (χ1v) is 6.26. The standard InChI is InChI=1S/C12H22N2O7/c1-6(2)11(20)13-3-4-14-12(21)10(19)9(18)8(17)7(16)5-15/h7-10,15-19H,1,3-5H2,2H3,(H,13,20)(H,14,21)/t7-,8-,9+,10-/m1/s1. The number of amides is 2. The van der Waals surface area contributed by atoms with Crippen LogP contribution in [0.3, 0.4) is 0 Å². The van der Waals surface area contributed by atoms with Gasteiger partial charge in [-0.2, -0.15) is 0 Å². The Morgan fingerprint density at radius 2 is 1.57 bits per heavy atom. The maximum atomic E-state index is 11.5. The van der Waals surface area contributed by atoms with Gasteiger partial charge in [-0.1, -0.05) is 6.58 Å². The third-order valence-corrected chi connectivity index (χ3v) is 2.62. The van der Waals surface area contributed by atoms with E-state index in [4.69, 9.17) is 10.2 Å². The zero-order valence-electron chi connectivity index (χ0n) is 11.7. The normalized spacial score (nSPS) is 16.5. The summed E-state index contributed by atoms with van der Waals surface area (Å²) in [7, 11) is 0. The molecule has 0 aromatic rings. The highest BCUT2D eigenvalue weighted by Gasteiger charge is 2.33. The van der Waals surface area contributed by atoms with Crippen molar-refractivity contribution in [3.8, 4) is 0 Å². The topological polar surface area (TPSA) is 159 Å². The minimum Gasteiger partial charge on any atom is -0.394 e. The maximum absolute atomic E-state index is 11.5. The summed E-state index contributed by atoms with van der Waals surface area (Å²) in [5.41, 5.74) is 0.304. The Morgan fingerprint density at radius 3 is 2.05 bits per heavy atom. The number of aliphatic hydroxyl groups excluding tert-OH is 5. The highest BCUT2D eigenvalue weighted by Crippen LogP contribution is 2.05. The molecule has 0 aliphatic rings. The molecule has 0 saturated heterocycles. The molecule has 9 nitrogen and oxygen atoms in total. The molecule has 122 valence electrons. The van der Waals surface area contributed by atoms with Crippen molar-refractivity contribution in [2.45, 2.75) is 31.3 Å². The number of rotatable bonds is 9. The Labute approximate surface area is 121 Å². The van der Waals surface area contributed by atoms with Gasteiger partial charge in [0, 0.05) is 18.7 Å². The fourth-order valence-corrected chi connectivity index (χ4v) is 1.29. The molecule has 0 rings (SSSR count). The van der Waals surface area contributed by atoms with Gasteiger partial charge in [-0.25, -0.2) is 0 Å². The van der Waals surface area contributed by atoms with Crippen LogP contribution in [0.5, 0.6) is 0 Å². The van der Waals surface area contributed by atoms with E-state index in [2.05, 4.69) is 17.2 Å². The van der Waals surface area contributed by atoms with Gasteiger partial charge < -0.3 is 36.2 Å². The lowest BCUT2D eigenvalue weighted by Crippen LogP contribution is -2.52. The van der Waals surface area contributed by atoms with E-state index in [1.54, 1.807) is 0 Å². The van der Waals surface area contributed by atoms with Crippen LogP contribution in [0.4, 0.5) is 0 Å². The molecule has 0 saturated carbocycles. The smallest absolute Gasteiger partial charge is 0.251 e. The zero-order chi connectivity index (χ0) is 16.6. The van der Waals surface area contributed by atoms with Gasteiger partial charge in [-0.3, -0.25) is 9.59 Å². The number of hydrogen-bond acceptors (Lipinski definition) is 7. The van der Waals surface area contributed by atoms with Gasteiger partial charge in [0.25, 0.3) is 5.91 Å². The Hall–Kier alpha value is -1.52. The van der Waals surface area contributed by atoms with Crippen molar-refractivity contribution < 1.29 is 35.1 Å². The Kier molecular flexibility index (Phi) is 8.74. The highest BCUT2D eigenvalue weighted by atomic mass is 16.4. The molecule has 0 heterocycles. The summed E-state index contributed by atoms with van der Waals surface area (Å²) in [5.74, 6) is -1.37. The van der Waals surface area contributed by atoms with Crippen molar-refractivity contribution in [2.24, 2.45) is 0 Å². The molecule has 21 heavy (non-hydrogen) atoms. The highest BCUT2D eigenvalue weighted by molar-refractivity contribution is 5.92. The molecule has 0 unspecified atom stereocenters. The van der Waals surface area contributed by atoms with Gasteiger partial charge in [0.05, 0.1) is 6.61 Å². The second-order valence-electron chi connectivity index (χ2n) is 4.50. The molecule has 0 aliphatic carbocycles. The van der Waals surface area contributed by atoms with Gasteiger partial charge in [0.1, 0.15) is 18.3 Å². The molecular formula is C12H22N2O7. The van der Waals surface area contributed by atoms with Gasteiger partial charge in [-0.05, 0) is 6.92 Å². The molecule has 0 fully saturated rings. The lowest BCUT2D eigenvalue weighted by molar-refractivity contribution is -0.148. The van der Waals surface area contributed by atoms with Crippen molar-refractivity contribution in [3.63, 3.8) is 0 Å². The first-order chi connectivity index (χ1) is 9.72. The Balaban J connectivity index is 4.16. The van der Waals surface area contributed by atoms with Crippen LogP contribution in [0.1, 0.15) is 6.92 Å². The first-order valence-electron chi connectivity index (χ1n) is 6.26. The average Bonchev–Trinajstić information content (AvgIpc) is 2.47. The molecule has 9 heteroatoms. The van der Waals surface area contributed by atoms with E-state index in [-0.39, 0.29) is 19.0 Å². The summed E-state index contributed by atoms with van der Waals surface area (Å²) in [6, 6.07) is 0. The molecule has 0 radical (unpaired) electrons. The lowest BCUT2D eigenvalue weighted by Gasteiger charge is -2.24. The number of hydrogen-bond donors (Lipinski definition) is 7. The van der Waals surface area contributed by atoms with Crippen LogP contribution < -0.4 is 10.6 Å². The van der Waals surface area contributed by atoms with Crippen LogP contribution in [0.25, 0.3) is 0 Å². The molecule has 7 N–H and O–H groups in total. The minimum atomic E-state index is -1.99. The molecule has 2 amide bonds. The Morgan fingerprint density at radius 1 is 1.05 bits per heavy atom. The van der Waals surface area contributed by atoms with Crippen LogP contribution in [0, 0.1) is 0 Å². The molecule has 0 aromatic heterocycles. The number of carbonyl (C=O) groups excluding carboxylic acids is 2. The Bertz CT molecular complexity index is 375. The van der Waals surface area contributed by atoms with E-state index in [1.165, 1.54) is 6.92 Å². The van der Waals surface area contributed by atoms with Crippen LogP contribution in [0.15, 0.2) is 12.2 Å². The lowest BCUT2D eigenvalue weighted by atomic mass is 10.0. The van der Waals surface area contributed by atoms with Gasteiger partial charge in [-0.15, -0.1) is 0 Å². The summed E-state index contributed by atoms with van der Waals surface area (Å²) < 4.78 is 0. The average molecular weight is 306 g/mol. The molecule has 4 atom stereocenters.